The Kier molecular flexibility index (Phi) is 4.96. The Hall–Kier alpha value is -0.870. The number of rotatable bonds is 5. The average Bonchev–Trinajstić information content (AvgIpc) is 2.20. The van der Waals surface area contributed by atoms with E-state index >= 15 is 0 Å². The van der Waals surface area contributed by atoms with Crippen LogP contribution in [0.5, 0.6) is 0 Å². The monoisotopic (exact) mass is 259 g/mol. The highest BCUT2D eigenvalue weighted by atomic mass is 35.5. The molecule has 0 amide bonds. The van der Waals surface area contributed by atoms with Crippen molar-refractivity contribution in [1.29, 1.82) is 0 Å². The molecule has 0 spiro atoms. The fourth-order valence-corrected chi connectivity index (χ4v) is 2.77. The molecule has 1 aromatic carbocycles. The molecule has 0 saturated carbocycles. The summed E-state index contributed by atoms with van der Waals surface area (Å²) in [5.41, 5.74) is 6.13. The average molecular weight is 260 g/mol. The lowest BCUT2D eigenvalue weighted by Crippen LogP contribution is -2.01. The molecule has 0 aliphatic heterocycles. The van der Waals surface area contributed by atoms with E-state index in [2.05, 4.69) is 6.92 Å². The van der Waals surface area contributed by atoms with E-state index in [0.717, 1.165) is 18.6 Å². The molecule has 0 aromatic heterocycles. The van der Waals surface area contributed by atoms with Crippen molar-refractivity contribution >= 4 is 35.0 Å². The van der Waals surface area contributed by atoms with Crippen molar-refractivity contribution in [2.75, 3.05) is 11.5 Å². The quantitative estimate of drug-likeness (QED) is 0.483. The molecule has 3 N–H and O–H groups in total. The number of unbranched alkanes of at least 4 members (excludes halogenated alkanes) is 1. The molecule has 0 heterocycles. The second-order valence-electron chi connectivity index (χ2n) is 3.39. The zero-order chi connectivity index (χ0) is 12.1. The minimum absolute atomic E-state index is 0.186. The van der Waals surface area contributed by atoms with E-state index in [0.29, 0.717) is 15.6 Å². The number of aromatic carboxylic acids is 1. The minimum Gasteiger partial charge on any atom is -0.478 e. The molecule has 0 bridgehead atoms. The third-order valence-corrected chi connectivity index (χ3v) is 3.67. The van der Waals surface area contributed by atoms with Crippen LogP contribution in [0, 0.1) is 0 Å². The zero-order valence-electron chi connectivity index (χ0n) is 9.00. The fraction of sp³-hybridized carbons (Fsp3) is 0.364. The van der Waals surface area contributed by atoms with Crippen LogP contribution in [0.15, 0.2) is 17.0 Å². The Labute approximate surface area is 104 Å². The number of carboxylic acids is 1. The largest absolute Gasteiger partial charge is 0.478 e. The molecule has 1 aromatic rings. The van der Waals surface area contributed by atoms with Crippen LogP contribution >= 0.6 is 23.4 Å². The summed E-state index contributed by atoms with van der Waals surface area (Å²) in [4.78, 5) is 11.6. The highest BCUT2D eigenvalue weighted by Crippen LogP contribution is 2.33. The molecule has 0 atom stereocenters. The first-order valence-electron chi connectivity index (χ1n) is 5.01. The standard InChI is InChI=1S/C11H14ClNO2S/c1-2-3-4-16-10-8(11(14)15)5-7(13)6-9(10)12/h5-6H,2-4,13H2,1H3,(H,14,15). The molecular weight excluding hydrogens is 246 g/mol. The van der Waals surface area contributed by atoms with Crippen molar-refractivity contribution in [2.24, 2.45) is 0 Å². The van der Waals surface area contributed by atoms with E-state index < -0.39 is 5.97 Å². The third kappa shape index (κ3) is 3.32. The third-order valence-electron chi connectivity index (χ3n) is 2.04. The zero-order valence-corrected chi connectivity index (χ0v) is 10.6. The maximum Gasteiger partial charge on any atom is 0.336 e. The number of hydrogen-bond donors (Lipinski definition) is 2. The van der Waals surface area contributed by atoms with E-state index in [4.69, 9.17) is 22.4 Å². The second kappa shape index (κ2) is 6.01. The van der Waals surface area contributed by atoms with Crippen molar-refractivity contribution in [3.8, 4) is 0 Å². The highest BCUT2D eigenvalue weighted by Gasteiger charge is 2.14. The van der Waals surface area contributed by atoms with E-state index in [1.54, 1.807) is 6.07 Å². The summed E-state index contributed by atoms with van der Waals surface area (Å²) in [6.07, 6.45) is 2.10. The maximum absolute atomic E-state index is 11.0. The summed E-state index contributed by atoms with van der Waals surface area (Å²) in [6, 6.07) is 3.03. The van der Waals surface area contributed by atoms with Crippen molar-refractivity contribution in [3.63, 3.8) is 0 Å². The molecule has 1 rings (SSSR count). The molecule has 3 nitrogen and oxygen atoms in total. The van der Waals surface area contributed by atoms with Crippen LogP contribution in [0.3, 0.4) is 0 Å². The number of carboxylic acid groups (broad SMARTS) is 1. The molecular formula is C11H14ClNO2S. The number of nitrogens with two attached hydrogens (primary N) is 1. The summed E-state index contributed by atoms with van der Waals surface area (Å²) >= 11 is 7.46. The normalized spacial score (nSPS) is 10.4. The van der Waals surface area contributed by atoms with Gasteiger partial charge in [-0.15, -0.1) is 11.8 Å². The number of carbonyl (C=O) groups is 1. The van der Waals surface area contributed by atoms with Crippen LogP contribution < -0.4 is 5.73 Å². The molecule has 0 fully saturated rings. The van der Waals surface area contributed by atoms with Gasteiger partial charge in [-0.2, -0.15) is 0 Å². The Morgan fingerprint density at radius 3 is 2.81 bits per heavy atom. The molecule has 88 valence electrons. The SMILES string of the molecule is CCCCSc1c(Cl)cc(N)cc1C(=O)O. The van der Waals surface area contributed by atoms with Gasteiger partial charge in [-0.3, -0.25) is 0 Å². The van der Waals surface area contributed by atoms with Gasteiger partial charge in [0.15, 0.2) is 0 Å². The van der Waals surface area contributed by atoms with Gasteiger partial charge in [0.2, 0.25) is 0 Å². The summed E-state index contributed by atoms with van der Waals surface area (Å²) in [7, 11) is 0. The van der Waals surface area contributed by atoms with Crippen LogP contribution in [-0.4, -0.2) is 16.8 Å². The molecule has 5 heteroatoms. The Morgan fingerprint density at radius 1 is 1.56 bits per heavy atom. The first-order valence-corrected chi connectivity index (χ1v) is 6.37. The van der Waals surface area contributed by atoms with Gasteiger partial charge in [-0.1, -0.05) is 24.9 Å². The number of anilines is 1. The fourth-order valence-electron chi connectivity index (χ4n) is 1.24. The van der Waals surface area contributed by atoms with E-state index in [-0.39, 0.29) is 5.56 Å². The number of halogens is 1. The van der Waals surface area contributed by atoms with Gasteiger partial charge in [0.25, 0.3) is 0 Å². The van der Waals surface area contributed by atoms with E-state index in [1.807, 2.05) is 0 Å². The van der Waals surface area contributed by atoms with Gasteiger partial charge in [-0.25, -0.2) is 4.79 Å². The first-order chi connectivity index (χ1) is 7.56. The van der Waals surface area contributed by atoms with E-state index in [9.17, 15) is 4.79 Å². The minimum atomic E-state index is -0.992. The van der Waals surface area contributed by atoms with Gasteiger partial charge in [-0.05, 0) is 24.3 Å². The predicted molar refractivity (Wildman–Crippen MR) is 68.5 cm³/mol. The van der Waals surface area contributed by atoms with Gasteiger partial charge in [0.1, 0.15) is 0 Å². The van der Waals surface area contributed by atoms with Crippen molar-refractivity contribution in [3.05, 3.63) is 22.7 Å². The van der Waals surface area contributed by atoms with Crippen LogP contribution in [0.2, 0.25) is 5.02 Å². The Balaban J connectivity index is 2.99. The molecule has 16 heavy (non-hydrogen) atoms. The predicted octanol–water partition coefficient (Wildman–Crippen LogP) is 3.51. The van der Waals surface area contributed by atoms with Crippen molar-refractivity contribution in [1.82, 2.24) is 0 Å². The number of nitrogen functional groups attached to an aromatic ring is 1. The van der Waals surface area contributed by atoms with Crippen LogP contribution in [0.25, 0.3) is 0 Å². The lowest BCUT2D eigenvalue weighted by atomic mass is 10.2. The second-order valence-corrected chi connectivity index (χ2v) is 4.90. The topological polar surface area (TPSA) is 63.3 Å². The molecule has 0 aliphatic carbocycles. The van der Waals surface area contributed by atoms with Crippen LogP contribution in [-0.2, 0) is 0 Å². The lowest BCUT2D eigenvalue weighted by molar-refractivity contribution is 0.0693. The van der Waals surface area contributed by atoms with Crippen LogP contribution in [0.1, 0.15) is 30.1 Å². The summed E-state index contributed by atoms with van der Waals surface area (Å²) < 4.78 is 0. The summed E-state index contributed by atoms with van der Waals surface area (Å²) in [5, 5.41) is 9.46. The Bertz CT molecular complexity index is 396. The molecule has 0 saturated heterocycles. The Morgan fingerprint density at radius 2 is 2.25 bits per heavy atom. The summed E-state index contributed by atoms with van der Waals surface area (Å²) in [6.45, 7) is 2.09. The highest BCUT2D eigenvalue weighted by molar-refractivity contribution is 7.99. The van der Waals surface area contributed by atoms with Crippen molar-refractivity contribution < 1.29 is 9.90 Å². The summed E-state index contributed by atoms with van der Waals surface area (Å²) in [5.74, 6) is -0.131. The van der Waals surface area contributed by atoms with Gasteiger partial charge >= 0.3 is 5.97 Å². The number of benzene rings is 1. The van der Waals surface area contributed by atoms with Gasteiger partial charge in [0, 0.05) is 10.6 Å². The molecule has 0 aliphatic rings. The number of hydrogen-bond acceptors (Lipinski definition) is 3. The smallest absolute Gasteiger partial charge is 0.336 e. The van der Waals surface area contributed by atoms with Gasteiger partial charge in [0.05, 0.1) is 10.6 Å². The van der Waals surface area contributed by atoms with Crippen LogP contribution in [0.4, 0.5) is 5.69 Å². The van der Waals surface area contributed by atoms with E-state index in [1.165, 1.54) is 17.8 Å². The first kappa shape index (κ1) is 13.2. The number of thioether (sulfide) groups is 1. The lowest BCUT2D eigenvalue weighted by Gasteiger charge is -2.09. The maximum atomic E-state index is 11.0. The molecule has 0 unspecified atom stereocenters. The van der Waals surface area contributed by atoms with Crippen molar-refractivity contribution in [2.45, 2.75) is 24.7 Å². The molecule has 0 radical (unpaired) electrons. The van der Waals surface area contributed by atoms with Gasteiger partial charge < -0.3 is 10.8 Å².